The Morgan fingerprint density at radius 3 is 2.62 bits per heavy atom. The van der Waals surface area contributed by atoms with E-state index in [-0.39, 0.29) is 16.6 Å². The van der Waals surface area contributed by atoms with Gasteiger partial charge in [-0.3, -0.25) is 0 Å². The molecule has 1 fully saturated rings. The minimum atomic E-state index is -1.08. The van der Waals surface area contributed by atoms with E-state index in [9.17, 15) is 9.59 Å². The topological polar surface area (TPSA) is 69.6 Å². The summed E-state index contributed by atoms with van der Waals surface area (Å²) in [6.45, 7) is 0.720. The van der Waals surface area contributed by atoms with Crippen LogP contribution < -0.4 is 5.32 Å². The van der Waals surface area contributed by atoms with E-state index >= 15 is 0 Å². The molecule has 0 unspecified atom stereocenters. The standard InChI is InChI=1S/C15H19ClN2O3/c1-18(9-10-4-2-3-5-10)15(21)17-13-7-11(14(19)20)6-12(16)8-13/h6-8,10H,2-5,9H2,1H3,(H,17,21)(H,19,20). The summed E-state index contributed by atoms with van der Waals surface area (Å²) in [5.41, 5.74) is 0.444. The van der Waals surface area contributed by atoms with E-state index in [2.05, 4.69) is 5.32 Å². The maximum absolute atomic E-state index is 12.1. The number of aromatic carboxylic acids is 1. The highest BCUT2D eigenvalue weighted by Crippen LogP contribution is 2.25. The summed E-state index contributed by atoms with van der Waals surface area (Å²) < 4.78 is 0. The molecule has 0 heterocycles. The maximum Gasteiger partial charge on any atom is 0.335 e. The zero-order valence-electron chi connectivity index (χ0n) is 11.9. The third kappa shape index (κ3) is 4.36. The van der Waals surface area contributed by atoms with Crippen molar-refractivity contribution < 1.29 is 14.7 Å². The van der Waals surface area contributed by atoms with Crippen LogP contribution in [0, 0.1) is 5.92 Å². The Bertz CT molecular complexity index is 542. The summed E-state index contributed by atoms with van der Waals surface area (Å²) in [4.78, 5) is 24.7. The first kappa shape index (κ1) is 15.6. The summed E-state index contributed by atoms with van der Waals surface area (Å²) in [7, 11) is 1.75. The van der Waals surface area contributed by atoms with Crippen molar-refractivity contribution in [2.45, 2.75) is 25.7 Å². The fourth-order valence-electron chi connectivity index (χ4n) is 2.67. The number of carboxylic acid groups (broad SMARTS) is 1. The molecule has 5 nitrogen and oxygen atoms in total. The lowest BCUT2D eigenvalue weighted by atomic mass is 10.1. The SMILES string of the molecule is CN(CC1CCCC1)C(=O)Nc1cc(Cl)cc(C(=O)O)c1. The smallest absolute Gasteiger partial charge is 0.335 e. The number of hydrogen-bond acceptors (Lipinski definition) is 2. The predicted molar refractivity (Wildman–Crippen MR) is 82.0 cm³/mol. The second-order valence-electron chi connectivity index (χ2n) is 5.49. The number of halogens is 1. The van der Waals surface area contributed by atoms with Gasteiger partial charge in [-0.1, -0.05) is 24.4 Å². The monoisotopic (exact) mass is 310 g/mol. The van der Waals surface area contributed by atoms with Gasteiger partial charge in [-0.15, -0.1) is 0 Å². The molecule has 1 saturated carbocycles. The van der Waals surface area contributed by atoms with Crippen LogP contribution in [0.3, 0.4) is 0 Å². The maximum atomic E-state index is 12.1. The Labute approximate surface area is 128 Å². The number of anilines is 1. The zero-order chi connectivity index (χ0) is 15.4. The molecule has 2 amide bonds. The molecule has 1 aromatic carbocycles. The van der Waals surface area contributed by atoms with Crippen molar-refractivity contribution >= 4 is 29.3 Å². The quantitative estimate of drug-likeness (QED) is 0.891. The summed E-state index contributed by atoms with van der Waals surface area (Å²) in [6, 6.07) is 4.03. The summed E-state index contributed by atoms with van der Waals surface area (Å²) in [5, 5.41) is 12.0. The van der Waals surface area contributed by atoms with Crippen LogP contribution in [0.1, 0.15) is 36.0 Å². The Kier molecular flexibility index (Phi) is 5.07. The minimum absolute atomic E-state index is 0.0521. The van der Waals surface area contributed by atoms with Gasteiger partial charge < -0.3 is 15.3 Å². The number of carboxylic acids is 1. The number of carbonyl (C=O) groups is 2. The van der Waals surface area contributed by atoms with Crippen LogP contribution >= 0.6 is 11.6 Å². The van der Waals surface area contributed by atoms with E-state index < -0.39 is 5.97 Å². The number of nitrogens with one attached hydrogen (secondary N) is 1. The second kappa shape index (κ2) is 6.80. The highest BCUT2D eigenvalue weighted by atomic mass is 35.5. The minimum Gasteiger partial charge on any atom is -0.478 e. The average molecular weight is 311 g/mol. The lowest BCUT2D eigenvalue weighted by Crippen LogP contribution is -2.34. The van der Waals surface area contributed by atoms with Crippen LogP contribution in [0.15, 0.2) is 18.2 Å². The molecule has 0 atom stereocenters. The van der Waals surface area contributed by atoms with Crippen molar-refractivity contribution in [3.63, 3.8) is 0 Å². The van der Waals surface area contributed by atoms with E-state index in [1.165, 1.54) is 31.0 Å². The summed E-state index contributed by atoms with van der Waals surface area (Å²) >= 11 is 5.87. The van der Waals surface area contributed by atoms with Crippen molar-refractivity contribution in [1.29, 1.82) is 0 Å². The first-order valence-electron chi connectivity index (χ1n) is 7.01. The van der Waals surface area contributed by atoms with Crippen LogP contribution in [0.25, 0.3) is 0 Å². The summed E-state index contributed by atoms with van der Waals surface area (Å²) in [5.74, 6) is -0.512. The molecular formula is C15H19ClN2O3. The number of rotatable bonds is 4. The molecule has 0 saturated heterocycles. The predicted octanol–water partition coefficient (Wildman–Crippen LogP) is 3.69. The molecule has 114 valence electrons. The number of carbonyl (C=O) groups excluding carboxylic acids is 1. The van der Waals surface area contributed by atoms with E-state index in [0.29, 0.717) is 11.6 Å². The van der Waals surface area contributed by atoms with Crippen LogP contribution in [-0.2, 0) is 0 Å². The first-order valence-corrected chi connectivity index (χ1v) is 7.39. The van der Waals surface area contributed by atoms with Crippen molar-refractivity contribution in [2.75, 3.05) is 18.9 Å². The highest BCUT2D eigenvalue weighted by molar-refractivity contribution is 6.31. The van der Waals surface area contributed by atoms with Crippen LogP contribution in [0.5, 0.6) is 0 Å². The largest absolute Gasteiger partial charge is 0.478 e. The molecule has 0 bridgehead atoms. The Hall–Kier alpha value is -1.75. The molecule has 6 heteroatoms. The molecule has 1 aliphatic carbocycles. The second-order valence-corrected chi connectivity index (χ2v) is 5.93. The van der Waals surface area contributed by atoms with Gasteiger partial charge in [0.2, 0.25) is 0 Å². The van der Waals surface area contributed by atoms with Gasteiger partial charge >= 0.3 is 12.0 Å². The third-order valence-corrected chi connectivity index (χ3v) is 3.97. The molecule has 21 heavy (non-hydrogen) atoms. The molecule has 0 spiro atoms. The molecule has 0 radical (unpaired) electrons. The molecule has 2 N–H and O–H groups in total. The van der Waals surface area contributed by atoms with Crippen LogP contribution in [0.2, 0.25) is 5.02 Å². The molecule has 1 aliphatic rings. The fourth-order valence-corrected chi connectivity index (χ4v) is 2.90. The van der Waals surface area contributed by atoms with Gasteiger partial charge in [0.05, 0.1) is 5.56 Å². The lowest BCUT2D eigenvalue weighted by molar-refractivity contribution is 0.0697. The van der Waals surface area contributed by atoms with Gasteiger partial charge in [-0.25, -0.2) is 9.59 Å². The van der Waals surface area contributed by atoms with E-state index in [1.807, 2.05) is 0 Å². The van der Waals surface area contributed by atoms with Gasteiger partial charge in [0, 0.05) is 24.3 Å². The Morgan fingerprint density at radius 1 is 1.33 bits per heavy atom. The highest BCUT2D eigenvalue weighted by Gasteiger charge is 2.19. The van der Waals surface area contributed by atoms with E-state index in [0.717, 1.165) is 19.4 Å². The van der Waals surface area contributed by atoms with Crippen molar-refractivity contribution in [3.8, 4) is 0 Å². The molecule has 2 rings (SSSR count). The fraction of sp³-hybridized carbons (Fsp3) is 0.467. The van der Waals surface area contributed by atoms with Crippen LogP contribution in [-0.4, -0.2) is 35.6 Å². The number of hydrogen-bond donors (Lipinski definition) is 2. The molecular weight excluding hydrogens is 292 g/mol. The average Bonchev–Trinajstić information content (AvgIpc) is 2.90. The number of amides is 2. The number of nitrogens with zero attached hydrogens (tertiary/aromatic N) is 1. The van der Waals surface area contributed by atoms with Crippen molar-refractivity contribution in [1.82, 2.24) is 4.90 Å². The van der Waals surface area contributed by atoms with Crippen molar-refractivity contribution in [3.05, 3.63) is 28.8 Å². The lowest BCUT2D eigenvalue weighted by Gasteiger charge is -2.21. The number of urea groups is 1. The first-order chi connectivity index (χ1) is 9.95. The van der Waals surface area contributed by atoms with Gasteiger partial charge in [-0.2, -0.15) is 0 Å². The number of benzene rings is 1. The van der Waals surface area contributed by atoms with Gasteiger partial charge in [0.25, 0.3) is 0 Å². The normalized spacial score (nSPS) is 15.0. The molecule has 0 aromatic heterocycles. The van der Waals surface area contributed by atoms with Gasteiger partial charge in [-0.05, 0) is 37.0 Å². The molecule has 0 aliphatic heterocycles. The Morgan fingerprint density at radius 2 is 2.00 bits per heavy atom. The summed E-state index contributed by atoms with van der Waals surface area (Å²) in [6.07, 6.45) is 4.79. The van der Waals surface area contributed by atoms with Crippen LogP contribution in [0.4, 0.5) is 10.5 Å². The molecule has 1 aromatic rings. The Balaban J connectivity index is 1.99. The van der Waals surface area contributed by atoms with E-state index in [4.69, 9.17) is 16.7 Å². The van der Waals surface area contributed by atoms with E-state index in [1.54, 1.807) is 11.9 Å². The van der Waals surface area contributed by atoms with Crippen molar-refractivity contribution in [2.24, 2.45) is 5.92 Å². The van der Waals surface area contributed by atoms with Gasteiger partial charge in [0.1, 0.15) is 0 Å². The third-order valence-electron chi connectivity index (χ3n) is 3.75. The zero-order valence-corrected chi connectivity index (χ0v) is 12.7. The van der Waals surface area contributed by atoms with Gasteiger partial charge in [0.15, 0.2) is 0 Å².